The third-order valence-corrected chi connectivity index (χ3v) is 8.34. The summed E-state index contributed by atoms with van der Waals surface area (Å²) in [6.45, 7) is 14.3. The molecule has 0 saturated carbocycles. The Morgan fingerprint density at radius 1 is 1.23 bits per heavy atom. The number of carbonyl (C=O) groups excluding carboxylic acids is 1. The maximum atomic E-state index is 12.9. The molecule has 0 bridgehead atoms. The number of allylic oxidation sites excluding steroid dienone is 1. The number of aromatic nitrogens is 4. The van der Waals surface area contributed by atoms with Gasteiger partial charge in [0.2, 0.25) is 5.91 Å². The van der Waals surface area contributed by atoms with Crippen LogP contribution in [0.3, 0.4) is 0 Å². The van der Waals surface area contributed by atoms with Gasteiger partial charge in [0, 0.05) is 48.4 Å². The normalized spacial score (nSPS) is 13.8. The first-order valence-electron chi connectivity index (χ1n) is 15.1. The molecule has 0 radical (unpaired) electrons. The third-order valence-electron chi connectivity index (χ3n) is 7.33. The number of nitrogens with zero attached hydrogens (tertiary/aromatic N) is 4. The molecule has 3 aromatic rings. The molecule has 0 aliphatic carbocycles. The van der Waals surface area contributed by atoms with E-state index in [4.69, 9.17) is 5.73 Å². The molecule has 4 heterocycles. The summed E-state index contributed by atoms with van der Waals surface area (Å²) in [4.78, 5) is 40.4. The van der Waals surface area contributed by atoms with Crippen LogP contribution in [-0.4, -0.2) is 39.0 Å². The molecule has 44 heavy (non-hydrogen) atoms. The molecule has 0 aromatic carbocycles. The maximum absolute atomic E-state index is 12.9. The lowest BCUT2D eigenvalue weighted by Crippen LogP contribution is -2.37. The lowest BCUT2D eigenvalue weighted by Gasteiger charge is -2.16. The van der Waals surface area contributed by atoms with Crippen LogP contribution in [0.15, 0.2) is 76.3 Å². The van der Waals surface area contributed by atoms with Crippen molar-refractivity contribution in [1.29, 1.82) is 0 Å². The second-order valence-corrected chi connectivity index (χ2v) is 11.8. The number of anilines is 2. The Labute approximate surface area is 265 Å². The minimum absolute atomic E-state index is 0.152. The van der Waals surface area contributed by atoms with E-state index in [9.17, 15) is 9.59 Å². The Balaban J connectivity index is 0.000000317. The van der Waals surface area contributed by atoms with Crippen LogP contribution in [0.25, 0.3) is 6.08 Å². The summed E-state index contributed by atoms with van der Waals surface area (Å²) in [7, 11) is 1.67. The Morgan fingerprint density at radius 2 is 2.02 bits per heavy atom. The molecule has 4 N–H and O–H groups in total. The van der Waals surface area contributed by atoms with Gasteiger partial charge in [0.05, 0.1) is 6.20 Å². The van der Waals surface area contributed by atoms with Crippen LogP contribution in [0.1, 0.15) is 74.5 Å². The van der Waals surface area contributed by atoms with Crippen LogP contribution in [0.5, 0.6) is 0 Å². The van der Waals surface area contributed by atoms with E-state index < -0.39 is 6.04 Å². The van der Waals surface area contributed by atoms with E-state index >= 15 is 0 Å². The second kappa shape index (κ2) is 17.2. The predicted octanol–water partition coefficient (Wildman–Crippen LogP) is 6.27. The van der Waals surface area contributed by atoms with Crippen LogP contribution in [0.4, 0.5) is 11.5 Å². The maximum Gasteiger partial charge on any atom is 0.277 e. The van der Waals surface area contributed by atoms with Gasteiger partial charge in [0.25, 0.3) is 5.56 Å². The number of pyridine rings is 2. The number of carbonyl (C=O) groups is 1. The largest absolute Gasteiger partial charge is 0.384 e. The molecule has 1 aliphatic heterocycles. The van der Waals surface area contributed by atoms with Gasteiger partial charge in [0.1, 0.15) is 23.4 Å². The first-order chi connectivity index (χ1) is 21.2. The van der Waals surface area contributed by atoms with Gasteiger partial charge in [-0.3, -0.25) is 19.1 Å². The number of fused-ring (bicyclic) bond motifs is 1. The lowest BCUT2D eigenvalue weighted by molar-refractivity contribution is -0.124. The molecule has 1 unspecified atom stereocenters. The molecule has 10 heteroatoms. The summed E-state index contributed by atoms with van der Waals surface area (Å²) in [6, 6.07) is 3.39. The predicted molar refractivity (Wildman–Crippen MR) is 183 cm³/mol. The first-order valence-corrected chi connectivity index (χ1v) is 15.9. The summed E-state index contributed by atoms with van der Waals surface area (Å²) in [5.41, 5.74) is 10.4. The van der Waals surface area contributed by atoms with Gasteiger partial charge >= 0.3 is 0 Å². The SMILES string of the molecule is C=CC(=C)Sc1cnccc1CCC.CCCC/C(=C\c1cnc(N)cc1C)CNC(=O)C1CCc2ncc(NC)c(=O)n21. The molecule has 0 saturated heterocycles. The monoisotopic (exact) mass is 615 g/mol. The second-order valence-electron chi connectivity index (χ2n) is 10.7. The van der Waals surface area contributed by atoms with Gasteiger partial charge in [-0.15, -0.1) is 0 Å². The Hall–Kier alpha value is -4.18. The van der Waals surface area contributed by atoms with Crippen molar-refractivity contribution in [1.82, 2.24) is 24.8 Å². The zero-order chi connectivity index (χ0) is 32.1. The van der Waals surface area contributed by atoms with Crippen LogP contribution < -0.4 is 21.9 Å². The molecule has 3 aromatic heterocycles. The van der Waals surface area contributed by atoms with Crippen molar-refractivity contribution in [2.45, 2.75) is 76.7 Å². The molecule has 1 aliphatic rings. The Morgan fingerprint density at radius 3 is 2.70 bits per heavy atom. The third kappa shape index (κ3) is 9.41. The standard InChI is InChI=1S/C22H30N6O2.C12H15NS/c1-4-5-6-15(10-16-12-25-19(23)9-14(16)2)11-27-21(29)18-7-8-20-26-13-17(24-3)22(30)28(18)20;1-4-6-11-7-8-13-9-12(11)14-10(3)5-2/h9-10,12-13,18,24H,4-8,11H2,1-3H3,(H2,23,25)(H,27,29);5,7-9H,2-4,6H2,1H3/b15-10+;. The number of nitrogens with two attached hydrogens (primary N) is 1. The minimum atomic E-state index is -0.527. The fraction of sp³-hybridized carbons (Fsp3) is 0.382. The van der Waals surface area contributed by atoms with Gasteiger partial charge in [-0.05, 0) is 61.4 Å². The van der Waals surface area contributed by atoms with Gasteiger partial charge in [-0.1, -0.05) is 69.3 Å². The number of unbranched alkanes of at least 4 members (excludes halogenated alkanes) is 1. The van der Waals surface area contributed by atoms with Crippen molar-refractivity contribution in [2.24, 2.45) is 0 Å². The van der Waals surface area contributed by atoms with E-state index in [0.29, 0.717) is 36.7 Å². The summed E-state index contributed by atoms with van der Waals surface area (Å²) < 4.78 is 1.52. The van der Waals surface area contributed by atoms with Crippen LogP contribution in [0, 0.1) is 6.92 Å². The zero-order valence-electron chi connectivity index (χ0n) is 26.4. The summed E-state index contributed by atoms with van der Waals surface area (Å²) in [5, 5.41) is 5.87. The highest BCUT2D eigenvalue weighted by atomic mass is 32.2. The zero-order valence-corrected chi connectivity index (χ0v) is 27.2. The quantitative estimate of drug-likeness (QED) is 0.152. The number of thioether (sulfide) groups is 1. The molecule has 0 spiro atoms. The molecule has 9 nitrogen and oxygen atoms in total. The van der Waals surface area contributed by atoms with Crippen molar-refractivity contribution >= 4 is 35.3 Å². The fourth-order valence-electron chi connectivity index (χ4n) is 4.88. The van der Waals surface area contributed by atoms with Crippen molar-refractivity contribution in [3.8, 4) is 0 Å². The van der Waals surface area contributed by atoms with Gasteiger partial charge in [0.15, 0.2) is 0 Å². The van der Waals surface area contributed by atoms with Gasteiger partial charge in [-0.25, -0.2) is 9.97 Å². The molecular weight excluding hydrogens is 570 g/mol. The number of rotatable bonds is 13. The number of nitrogen functional groups attached to an aromatic ring is 1. The van der Waals surface area contributed by atoms with Crippen LogP contribution >= 0.6 is 11.8 Å². The molecule has 4 rings (SSSR count). The highest BCUT2D eigenvalue weighted by Crippen LogP contribution is 2.29. The van der Waals surface area contributed by atoms with Crippen molar-refractivity contribution in [3.63, 3.8) is 0 Å². The Bertz CT molecular complexity index is 1550. The van der Waals surface area contributed by atoms with E-state index in [1.807, 2.05) is 25.4 Å². The lowest BCUT2D eigenvalue weighted by atomic mass is 10.0. The van der Waals surface area contributed by atoms with Gasteiger partial charge < -0.3 is 16.4 Å². The average Bonchev–Trinajstić information content (AvgIpc) is 3.46. The molecule has 234 valence electrons. The van der Waals surface area contributed by atoms with E-state index in [-0.39, 0.29) is 11.5 Å². The van der Waals surface area contributed by atoms with E-state index in [2.05, 4.69) is 64.7 Å². The number of amides is 1. The number of hydrogen-bond acceptors (Lipinski definition) is 8. The van der Waals surface area contributed by atoms with Crippen molar-refractivity contribution in [2.75, 3.05) is 24.6 Å². The topological polar surface area (TPSA) is 128 Å². The van der Waals surface area contributed by atoms with E-state index in [1.165, 1.54) is 21.2 Å². The summed E-state index contributed by atoms with van der Waals surface area (Å²) >= 11 is 1.64. The first kappa shape index (κ1) is 34.3. The van der Waals surface area contributed by atoms with Crippen molar-refractivity contribution in [3.05, 3.63) is 99.5 Å². The highest BCUT2D eigenvalue weighted by Gasteiger charge is 2.30. The molecule has 1 atom stereocenters. The Kier molecular flexibility index (Phi) is 13.4. The van der Waals surface area contributed by atoms with Crippen LogP contribution in [-0.2, 0) is 17.6 Å². The smallest absolute Gasteiger partial charge is 0.277 e. The highest BCUT2D eigenvalue weighted by molar-refractivity contribution is 8.03. The molecule has 0 fully saturated rings. The number of hydrogen-bond donors (Lipinski definition) is 3. The summed E-state index contributed by atoms with van der Waals surface area (Å²) in [5.74, 6) is 0.998. The molecular formula is C34H45N7O2S. The molecule has 1 amide bonds. The van der Waals surface area contributed by atoms with Gasteiger partial charge in [-0.2, -0.15) is 0 Å². The van der Waals surface area contributed by atoms with E-state index in [0.717, 1.165) is 53.7 Å². The average molecular weight is 616 g/mol. The van der Waals surface area contributed by atoms with Crippen molar-refractivity contribution < 1.29 is 4.79 Å². The number of nitrogens with one attached hydrogen (secondary N) is 2. The van der Waals surface area contributed by atoms with E-state index in [1.54, 1.807) is 31.1 Å². The fourth-order valence-corrected chi connectivity index (χ4v) is 5.66. The summed E-state index contributed by atoms with van der Waals surface area (Å²) in [6.07, 6.45) is 17.3. The minimum Gasteiger partial charge on any atom is -0.384 e. The van der Waals surface area contributed by atoms with Crippen LogP contribution in [0.2, 0.25) is 0 Å². The number of aryl methyl sites for hydroxylation is 3.